The number of methoxy groups -OCH3 is 1. The van der Waals surface area contributed by atoms with E-state index in [4.69, 9.17) is 10.00 Å². The fourth-order valence-electron chi connectivity index (χ4n) is 2.37. The number of hydrogen-bond donors (Lipinski definition) is 1. The zero-order valence-electron chi connectivity index (χ0n) is 14.8. The Bertz CT molecular complexity index is 800. The van der Waals surface area contributed by atoms with E-state index in [0.29, 0.717) is 6.54 Å². The van der Waals surface area contributed by atoms with Gasteiger partial charge in [0.05, 0.1) is 7.11 Å². The maximum absolute atomic E-state index is 12.1. The van der Waals surface area contributed by atoms with E-state index in [0.717, 1.165) is 24.2 Å². The van der Waals surface area contributed by atoms with Crippen LogP contribution in [0, 0.1) is 11.3 Å². The SMILES string of the molecule is COc1ccc(/C=C/C=C(/C#N)C(=O)NCCCc2ccccc2)cc1. The van der Waals surface area contributed by atoms with Crippen molar-refractivity contribution < 1.29 is 9.53 Å². The van der Waals surface area contributed by atoms with Gasteiger partial charge in [-0.1, -0.05) is 54.6 Å². The third-order valence-corrected chi connectivity index (χ3v) is 3.80. The minimum Gasteiger partial charge on any atom is -0.497 e. The van der Waals surface area contributed by atoms with Crippen LogP contribution in [-0.2, 0) is 11.2 Å². The second kappa shape index (κ2) is 10.5. The van der Waals surface area contributed by atoms with E-state index in [9.17, 15) is 4.79 Å². The first kappa shape index (κ1) is 19.0. The largest absolute Gasteiger partial charge is 0.497 e. The second-order valence-corrected chi connectivity index (χ2v) is 5.67. The lowest BCUT2D eigenvalue weighted by Gasteiger charge is -2.04. The number of hydrogen-bond acceptors (Lipinski definition) is 3. The van der Waals surface area contributed by atoms with E-state index >= 15 is 0 Å². The fraction of sp³-hybridized carbons (Fsp3) is 0.182. The number of aryl methyl sites for hydroxylation is 1. The molecule has 1 amide bonds. The van der Waals surface area contributed by atoms with Gasteiger partial charge in [0, 0.05) is 6.54 Å². The molecule has 2 aromatic carbocycles. The number of carbonyl (C=O) groups excluding carboxylic acids is 1. The van der Waals surface area contributed by atoms with Gasteiger partial charge in [0.1, 0.15) is 17.4 Å². The van der Waals surface area contributed by atoms with Crippen molar-refractivity contribution >= 4 is 12.0 Å². The lowest BCUT2D eigenvalue weighted by Crippen LogP contribution is -2.25. The summed E-state index contributed by atoms with van der Waals surface area (Å²) in [7, 11) is 1.62. The molecule has 2 aromatic rings. The highest BCUT2D eigenvalue weighted by Gasteiger charge is 2.06. The molecule has 0 saturated carbocycles. The molecule has 0 aromatic heterocycles. The van der Waals surface area contributed by atoms with Gasteiger partial charge in [-0.15, -0.1) is 0 Å². The van der Waals surface area contributed by atoms with Crippen molar-refractivity contribution in [2.75, 3.05) is 13.7 Å². The lowest BCUT2D eigenvalue weighted by molar-refractivity contribution is -0.117. The van der Waals surface area contributed by atoms with Crippen LogP contribution < -0.4 is 10.1 Å². The Labute approximate surface area is 154 Å². The van der Waals surface area contributed by atoms with Gasteiger partial charge in [-0.25, -0.2) is 0 Å². The Morgan fingerprint density at radius 3 is 2.54 bits per heavy atom. The summed E-state index contributed by atoms with van der Waals surface area (Å²) in [5, 5.41) is 12.0. The molecule has 1 N–H and O–H groups in total. The highest BCUT2D eigenvalue weighted by atomic mass is 16.5. The number of nitriles is 1. The van der Waals surface area contributed by atoms with Gasteiger partial charge < -0.3 is 10.1 Å². The Hall–Kier alpha value is -3.32. The molecule has 0 unspecified atom stereocenters. The van der Waals surface area contributed by atoms with Gasteiger partial charge in [-0.3, -0.25) is 4.79 Å². The monoisotopic (exact) mass is 346 g/mol. The van der Waals surface area contributed by atoms with E-state index in [2.05, 4.69) is 17.4 Å². The number of ether oxygens (including phenoxy) is 1. The Balaban J connectivity index is 1.82. The van der Waals surface area contributed by atoms with Crippen LogP contribution >= 0.6 is 0 Å². The van der Waals surface area contributed by atoms with Crippen LogP contribution in [0.5, 0.6) is 5.75 Å². The topological polar surface area (TPSA) is 62.1 Å². The van der Waals surface area contributed by atoms with Crippen molar-refractivity contribution in [3.63, 3.8) is 0 Å². The van der Waals surface area contributed by atoms with Gasteiger partial charge in [0.15, 0.2) is 0 Å². The van der Waals surface area contributed by atoms with Gasteiger partial charge in [0.2, 0.25) is 0 Å². The summed E-state index contributed by atoms with van der Waals surface area (Å²) in [6, 6.07) is 19.6. The van der Waals surface area contributed by atoms with Crippen LogP contribution in [0.1, 0.15) is 17.5 Å². The average Bonchev–Trinajstić information content (AvgIpc) is 2.69. The van der Waals surface area contributed by atoms with Gasteiger partial charge in [0.25, 0.3) is 5.91 Å². The molecule has 4 nitrogen and oxygen atoms in total. The van der Waals surface area contributed by atoms with E-state index in [1.807, 2.05) is 54.6 Å². The predicted octanol–water partition coefficient (Wildman–Crippen LogP) is 3.91. The molecule has 26 heavy (non-hydrogen) atoms. The molecule has 0 saturated heterocycles. The van der Waals surface area contributed by atoms with Crippen LogP contribution in [0.25, 0.3) is 6.08 Å². The quantitative estimate of drug-likeness (QED) is 0.341. The highest BCUT2D eigenvalue weighted by molar-refractivity contribution is 5.97. The molecule has 0 bridgehead atoms. The smallest absolute Gasteiger partial charge is 0.261 e. The van der Waals surface area contributed by atoms with Crippen molar-refractivity contribution in [2.45, 2.75) is 12.8 Å². The second-order valence-electron chi connectivity index (χ2n) is 5.67. The Kier molecular flexibility index (Phi) is 7.70. The van der Waals surface area contributed by atoms with Crippen LogP contribution in [-0.4, -0.2) is 19.6 Å². The van der Waals surface area contributed by atoms with Crippen molar-refractivity contribution in [1.82, 2.24) is 5.32 Å². The molecule has 0 spiro atoms. The van der Waals surface area contributed by atoms with E-state index < -0.39 is 0 Å². The van der Waals surface area contributed by atoms with Crippen molar-refractivity contribution in [1.29, 1.82) is 5.26 Å². The molecule has 0 aliphatic heterocycles. The fourth-order valence-corrected chi connectivity index (χ4v) is 2.37. The molecule has 0 fully saturated rings. The van der Waals surface area contributed by atoms with Crippen LogP contribution in [0.4, 0.5) is 0 Å². The number of benzene rings is 2. The number of nitrogens with one attached hydrogen (secondary N) is 1. The molecule has 0 aliphatic rings. The van der Waals surface area contributed by atoms with Crippen molar-refractivity contribution in [3.8, 4) is 11.8 Å². The van der Waals surface area contributed by atoms with E-state index in [1.165, 1.54) is 11.6 Å². The molecule has 0 heterocycles. The first-order chi connectivity index (χ1) is 12.7. The minimum absolute atomic E-state index is 0.0921. The number of nitrogens with zero attached hydrogens (tertiary/aromatic N) is 1. The standard InChI is InChI=1S/C22H22N2O2/c1-26-21-14-12-19(13-15-21)9-5-11-20(17-23)22(25)24-16-6-10-18-7-3-2-4-8-18/h2-5,7-9,11-15H,6,10,16H2,1H3,(H,24,25)/b9-5+,20-11-. The molecule has 0 atom stereocenters. The highest BCUT2D eigenvalue weighted by Crippen LogP contribution is 2.12. The molecule has 4 heteroatoms. The average molecular weight is 346 g/mol. The van der Waals surface area contributed by atoms with Gasteiger partial charge >= 0.3 is 0 Å². The van der Waals surface area contributed by atoms with Crippen molar-refractivity contribution in [2.24, 2.45) is 0 Å². The Morgan fingerprint density at radius 1 is 1.15 bits per heavy atom. The number of allylic oxidation sites excluding steroid dienone is 2. The summed E-state index contributed by atoms with van der Waals surface area (Å²) >= 11 is 0. The summed E-state index contributed by atoms with van der Waals surface area (Å²) in [5.41, 5.74) is 2.29. The van der Waals surface area contributed by atoms with Crippen LogP contribution in [0.3, 0.4) is 0 Å². The Morgan fingerprint density at radius 2 is 1.88 bits per heavy atom. The first-order valence-corrected chi connectivity index (χ1v) is 8.47. The van der Waals surface area contributed by atoms with Gasteiger partial charge in [-0.2, -0.15) is 5.26 Å². The third kappa shape index (κ3) is 6.29. The summed E-state index contributed by atoms with van der Waals surface area (Å²) in [6.45, 7) is 0.537. The number of rotatable bonds is 8. The van der Waals surface area contributed by atoms with E-state index in [1.54, 1.807) is 13.2 Å². The summed E-state index contributed by atoms with van der Waals surface area (Å²) in [5.74, 6) is 0.435. The normalized spacial score (nSPS) is 11.2. The van der Waals surface area contributed by atoms with Crippen LogP contribution in [0.15, 0.2) is 72.3 Å². The molecular weight excluding hydrogens is 324 g/mol. The van der Waals surface area contributed by atoms with Crippen LogP contribution in [0.2, 0.25) is 0 Å². The zero-order valence-corrected chi connectivity index (χ0v) is 14.8. The summed E-state index contributed by atoms with van der Waals surface area (Å²) in [4.78, 5) is 12.1. The maximum Gasteiger partial charge on any atom is 0.261 e. The maximum atomic E-state index is 12.1. The molecular formula is C22H22N2O2. The van der Waals surface area contributed by atoms with Gasteiger partial charge in [-0.05, 0) is 42.2 Å². The van der Waals surface area contributed by atoms with Crippen molar-refractivity contribution in [3.05, 3.63) is 83.4 Å². The van der Waals surface area contributed by atoms with E-state index in [-0.39, 0.29) is 11.5 Å². The summed E-state index contributed by atoms with van der Waals surface area (Å²) in [6.07, 6.45) is 6.78. The first-order valence-electron chi connectivity index (χ1n) is 8.47. The lowest BCUT2D eigenvalue weighted by atomic mass is 10.1. The molecule has 0 radical (unpaired) electrons. The molecule has 2 rings (SSSR count). The predicted molar refractivity (Wildman–Crippen MR) is 103 cm³/mol. The molecule has 0 aliphatic carbocycles. The minimum atomic E-state index is -0.347. The molecule has 132 valence electrons. The summed E-state index contributed by atoms with van der Waals surface area (Å²) < 4.78 is 5.10. The number of carbonyl (C=O) groups is 1. The zero-order chi connectivity index (χ0) is 18.6. The third-order valence-electron chi connectivity index (χ3n) is 3.80. The number of amides is 1.